The van der Waals surface area contributed by atoms with Crippen molar-refractivity contribution in [3.05, 3.63) is 0 Å². The van der Waals surface area contributed by atoms with E-state index in [9.17, 15) is 4.79 Å². The molecule has 0 spiro atoms. The van der Waals surface area contributed by atoms with Gasteiger partial charge in [0.2, 0.25) is 0 Å². The predicted octanol–water partition coefficient (Wildman–Crippen LogP) is 3.80. The highest BCUT2D eigenvalue weighted by Crippen LogP contribution is 2.21. The zero-order chi connectivity index (χ0) is 15.9. The molecule has 1 aliphatic rings. The van der Waals surface area contributed by atoms with Crippen molar-refractivity contribution in [3.63, 3.8) is 0 Å². The second kappa shape index (κ2) is 8.62. The molecule has 0 aromatic rings. The summed E-state index contributed by atoms with van der Waals surface area (Å²) in [7, 11) is 0. The maximum absolute atomic E-state index is 11.6. The van der Waals surface area contributed by atoms with Gasteiger partial charge in [0.05, 0.1) is 0 Å². The molecule has 1 rings (SSSR count). The number of alkyl carbamates (subject to hydrolysis) is 1. The molecule has 21 heavy (non-hydrogen) atoms. The van der Waals surface area contributed by atoms with Crippen molar-refractivity contribution >= 4 is 6.09 Å². The first-order chi connectivity index (χ1) is 9.78. The van der Waals surface area contributed by atoms with Gasteiger partial charge in [-0.25, -0.2) is 4.79 Å². The lowest BCUT2D eigenvalue weighted by Gasteiger charge is -2.37. The predicted molar refractivity (Wildman–Crippen MR) is 87.5 cm³/mol. The second-order valence-corrected chi connectivity index (χ2v) is 7.61. The van der Waals surface area contributed by atoms with Crippen molar-refractivity contribution in [2.75, 3.05) is 19.6 Å². The molecule has 124 valence electrons. The summed E-state index contributed by atoms with van der Waals surface area (Å²) in [4.78, 5) is 14.2. The smallest absolute Gasteiger partial charge is 0.407 e. The quantitative estimate of drug-likeness (QED) is 0.758. The summed E-state index contributed by atoms with van der Waals surface area (Å²) >= 11 is 0. The van der Waals surface area contributed by atoms with Gasteiger partial charge in [-0.2, -0.15) is 0 Å². The van der Waals surface area contributed by atoms with E-state index in [2.05, 4.69) is 24.1 Å². The fourth-order valence-electron chi connectivity index (χ4n) is 2.94. The topological polar surface area (TPSA) is 41.6 Å². The van der Waals surface area contributed by atoms with Crippen molar-refractivity contribution in [2.45, 2.75) is 78.4 Å². The van der Waals surface area contributed by atoms with Gasteiger partial charge in [0, 0.05) is 19.1 Å². The largest absolute Gasteiger partial charge is 0.444 e. The van der Waals surface area contributed by atoms with Crippen LogP contribution in [-0.4, -0.2) is 42.3 Å². The Balaban J connectivity index is 2.22. The maximum atomic E-state index is 11.6. The Kier molecular flexibility index (Phi) is 7.50. The Labute approximate surface area is 130 Å². The summed E-state index contributed by atoms with van der Waals surface area (Å²) in [6.45, 7) is 13.4. The Hall–Kier alpha value is -0.770. The third kappa shape index (κ3) is 8.30. The van der Waals surface area contributed by atoms with E-state index in [0.717, 1.165) is 12.3 Å². The first-order valence-corrected chi connectivity index (χ1v) is 8.49. The molecule has 0 aromatic carbocycles. The molecule has 4 heteroatoms. The Morgan fingerprint density at radius 1 is 1.33 bits per heavy atom. The Morgan fingerprint density at radius 3 is 2.67 bits per heavy atom. The van der Waals surface area contributed by atoms with Gasteiger partial charge >= 0.3 is 6.09 Å². The lowest BCUT2D eigenvalue weighted by atomic mass is 9.97. The number of carbonyl (C=O) groups is 1. The van der Waals surface area contributed by atoms with Crippen LogP contribution in [-0.2, 0) is 4.74 Å². The van der Waals surface area contributed by atoms with Crippen LogP contribution in [0.3, 0.4) is 0 Å². The molecule has 1 aliphatic heterocycles. The number of hydrogen-bond donors (Lipinski definition) is 1. The van der Waals surface area contributed by atoms with Crippen molar-refractivity contribution in [1.82, 2.24) is 10.2 Å². The molecule has 1 fully saturated rings. The minimum absolute atomic E-state index is 0.301. The van der Waals surface area contributed by atoms with Crippen LogP contribution >= 0.6 is 0 Å². The van der Waals surface area contributed by atoms with Crippen molar-refractivity contribution < 1.29 is 9.53 Å². The summed E-state index contributed by atoms with van der Waals surface area (Å²) in [5, 5.41) is 2.85. The summed E-state index contributed by atoms with van der Waals surface area (Å²) in [5.41, 5.74) is -0.415. The van der Waals surface area contributed by atoms with Crippen molar-refractivity contribution in [2.24, 2.45) is 5.92 Å². The van der Waals surface area contributed by atoms with E-state index >= 15 is 0 Å². The molecule has 0 aliphatic carbocycles. The van der Waals surface area contributed by atoms with Crippen LogP contribution in [0.15, 0.2) is 0 Å². The molecule has 1 unspecified atom stereocenters. The lowest BCUT2D eigenvalue weighted by Crippen LogP contribution is -2.42. The first kappa shape index (κ1) is 18.3. The average molecular weight is 298 g/mol. The summed E-state index contributed by atoms with van der Waals surface area (Å²) < 4.78 is 5.24. The zero-order valence-corrected chi connectivity index (χ0v) is 14.6. The molecule has 0 bridgehead atoms. The lowest BCUT2D eigenvalue weighted by molar-refractivity contribution is 0.0524. The average Bonchev–Trinajstić information content (AvgIpc) is 2.33. The van der Waals surface area contributed by atoms with E-state index in [0.29, 0.717) is 12.6 Å². The normalized spacial score (nSPS) is 20.6. The van der Waals surface area contributed by atoms with E-state index in [-0.39, 0.29) is 6.09 Å². The molecule has 1 atom stereocenters. The van der Waals surface area contributed by atoms with E-state index in [1.54, 1.807) is 0 Å². The molecule has 1 N–H and O–H groups in total. The third-order valence-corrected chi connectivity index (χ3v) is 3.73. The van der Waals surface area contributed by atoms with Gasteiger partial charge in [-0.3, -0.25) is 0 Å². The van der Waals surface area contributed by atoms with Gasteiger partial charge in [-0.05, 0) is 58.9 Å². The fourth-order valence-corrected chi connectivity index (χ4v) is 2.94. The number of nitrogens with zero attached hydrogens (tertiary/aromatic N) is 1. The zero-order valence-electron chi connectivity index (χ0n) is 14.6. The van der Waals surface area contributed by atoms with Crippen LogP contribution in [0.25, 0.3) is 0 Å². The van der Waals surface area contributed by atoms with E-state index < -0.39 is 5.60 Å². The van der Waals surface area contributed by atoms with Crippen molar-refractivity contribution in [3.8, 4) is 0 Å². The number of hydrogen-bond acceptors (Lipinski definition) is 3. The summed E-state index contributed by atoms with van der Waals surface area (Å²) in [6, 6.07) is 0.696. The van der Waals surface area contributed by atoms with Crippen LogP contribution in [0, 0.1) is 5.92 Å². The summed E-state index contributed by atoms with van der Waals surface area (Å²) in [6.07, 6.45) is 5.88. The Morgan fingerprint density at radius 2 is 2.05 bits per heavy atom. The van der Waals surface area contributed by atoms with E-state index in [1.807, 2.05) is 20.8 Å². The highest BCUT2D eigenvalue weighted by Gasteiger charge is 2.22. The second-order valence-electron chi connectivity index (χ2n) is 7.61. The summed E-state index contributed by atoms with van der Waals surface area (Å²) in [5.74, 6) is 0.727. The number of rotatable bonds is 6. The van der Waals surface area contributed by atoms with Gasteiger partial charge in [-0.1, -0.05) is 20.3 Å². The van der Waals surface area contributed by atoms with Crippen LogP contribution in [0.5, 0.6) is 0 Å². The monoisotopic (exact) mass is 298 g/mol. The minimum Gasteiger partial charge on any atom is -0.444 e. The molecule has 1 amide bonds. The van der Waals surface area contributed by atoms with Crippen molar-refractivity contribution in [1.29, 1.82) is 0 Å². The molecule has 0 aromatic heterocycles. The first-order valence-electron chi connectivity index (χ1n) is 8.49. The third-order valence-electron chi connectivity index (χ3n) is 3.73. The van der Waals surface area contributed by atoms with Gasteiger partial charge < -0.3 is 15.0 Å². The molecule has 4 nitrogen and oxygen atoms in total. The number of nitrogens with one attached hydrogen (secondary N) is 1. The number of likely N-dealkylation sites (tertiary alicyclic amines) is 1. The van der Waals surface area contributed by atoms with Crippen LogP contribution in [0.4, 0.5) is 4.79 Å². The molecule has 1 heterocycles. The van der Waals surface area contributed by atoms with Crippen LogP contribution < -0.4 is 5.32 Å². The molecule has 0 radical (unpaired) electrons. The molecular weight excluding hydrogens is 264 g/mol. The highest BCUT2D eigenvalue weighted by atomic mass is 16.6. The number of carbonyl (C=O) groups excluding carboxylic acids is 1. The number of piperidine rings is 1. The van der Waals surface area contributed by atoms with Gasteiger partial charge in [0.15, 0.2) is 0 Å². The van der Waals surface area contributed by atoms with Gasteiger partial charge in [0.1, 0.15) is 5.60 Å². The van der Waals surface area contributed by atoms with E-state index in [4.69, 9.17) is 4.74 Å². The van der Waals surface area contributed by atoms with E-state index in [1.165, 1.54) is 38.8 Å². The number of ether oxygens (including phenoxy) is 1. The molecule has 0 saturated carbocycles. The fraction of sp³-hybridized carbons (Fsp3) is 0.941. The number of amides is 1. The Bertz CT molecular complexity index is 310. The van der Waals surface area contributed by atoms with Crippen LogP contribution in [0.1, 0.15) is 66.7 Å². The van der Waals surface area contributed by atoms with Crippen LogP contribution in [0.2, 0.25) is 0 Å². The SMILES string of the molecule is CC(C)CN1CCCCC1CCCNC(=O)OC(C)(C)C. The highest BCUT2D eigenvalue weighted by molar-refractivity contribution is 5.67. The maximum Gasteiger partial charge on any atom is 0.407 e. The van der Waals surface area contributed by atoms with Gasteiger partial charge in [0.25, 0.3) is 0 Å². The van der Waals surface area contributed by atoms with Gasteiger partial charge in [-0.15, -0.1) is 0 Å². The standard InChI is InChI=1S/C17H34N2O2/c1-14(2)13-19-12-7-6-9-15(19)10-8-11-18-16(20)21-17(3,4)5/h14-15H,6-13H2,1-5H3,(H,18,20). The molecular formula is C17H34N2O2. The minimum atomic E-state index is -0.415. The molecule has 1 saturated heterocycles.